The summed E-state index contributed by atoms with van der Waals surface area (Å²) in [7, 11) is -3.82. The predicted octanol–water partition coefficient (Wildman–Crippen LogP) is 4.85. The van der Waals surface area contributed by atoms with Gasteiger partial charge in [-0.1, -0.05) is 26.2 Å². The van der Waals surface area contributed by atoms with E-state index < -0.39 is 16.0 Å². The van der Waals surface area contributed by atoms with Crippen LogP contribution in [-0.4, -0.2) is 45.0 Å². The van der Waals surface area contributed by atoms with Crippen LogP contribution in [-0.2, 0) is 14.8 Å². The Bertz CT molecular complexity index is 1030. The van der Waals surface area contributed by atoms with Crippen molar-refractivity contribution in [3.63, 3.8) is 0 Å². The van der Waals surface area contributed by atoms with Gasteiger partial charge < -0.3 is 15.0 Å². The maximum Gasteiger partial charge on any atom is 0.338 e. The fourth-order valence-corrected chi connectivity index (χ4v) is 4.53. The molecule has 0 spiro atoms. The van der Waals surface area contributed by atoms with Crippen LogP contribution in [0.2, 0.25) is 0 Å². The van der Waals surface area contributed by atoms with E-state index in [4.69, 9.17) is 4.74 Å². The molecule has 0 atom stereocenters. The highest BCUT2D eigenvalue weighted by Crippen LogP contribution is 2.20. The monoisotopic (exact) mass is 473 g/mol. The highest BCUT2D eigenvalue weighted by Gasteiger charge is 2.17. The molecule has 2 amide bonds. The van der Waals surface area contributed by atoms with E-state index in [1.54, 1.807) is 17.0 Å². The van der Waals surface area contributed by atoms with Crippen LogP contribution in [0.4, 0.5) is 16.2 Å². The zero-order chi connectivity index (χ0) is 23.7. The summed E-state index contributed by atoms with van der Waals surface area (Å²) in [5, 5.41) is 2.83. The molecule has 0 saturated carbocycles. The van der Waals surface area contributed by atoms with E-state index in [2.05, 4.69) is 10.0 Å². The van der Waals surface area contributed by atoms with E-state index >= 15 is 0 Å². The summed E-state index contributed by atoms with van der Waals surface area (Å²) in [5.41, 5.74) is 1.23. The lowest BCUT2D eigenvalue weighted by Gasteiger charge is -2.20. The first-order valence-corrected chi connectivity index (χ1v) is 12.8. The number of hydrogen-bond donors (Lipinski definition) is 2. The number of benzene rings is 2. The number of nitrogens with zero attached hydrogens (tertiary/aromatic N) is 1. The average molecular weight is 474 g/mol. The minimum atomic E-state index is -3.82. The molecule has 2 N–H and O–H groups in total. The molecule has 0 aliphatic carbocycles. The summed E-state index contributed by atoms with van der Waals surface area (Å²) in [4.78, 5) is 26.3. The molecule has 1 heterocycles. The molecule has 0 aromatic heterocycles. The predicted molar refractivity (Wildman–Crippen MR) is 128 cm³/mol. The number of amides is 2. The van der Waals surface area contributed by atoms with Crippen molar-refractivity contribution >= 4 is 33.4 Å². The van der Waals surface area contributed by atoms with Crippen LogP contribution in [0.15, 0.2) is 53.4 Å². The molecule has 1 saturated heterocycles. The quantitative estimate of drug-likeness (QED) is 0.421. The number of urea groups is 1. The van der Waals surface area contributed by atoms with Crippen molar-refractivity contribution in [3.05, 3.63) is 54.1 Å². The second-order valence-corrected chi connectivity index (χ2v) is 9.71. The van der Waals surface area contributed by atoms with Crippen molar-refractivity contribution in [2.75, 3.05) is 29.7 Å². The molecule has 0 radical (unpaired) electrons. The lowest BCUT2D eigenvalue weighted by molar-refractivity contribution is 0.0499. The molecule has 2 aromatic carbocycles. The van der Waals surface area contributed by atoms with E-state index in [9.17, 15) is 18.0 Å². The van der Waals surface area contributed by atoms with Crippen molar-refractivity contribution in [3.8, 4) is 0 Å². The first-order valence-electron chi connectivity index (χ1n) is 11.3. The van der Waals surface area contributed by atoms with Crippen molar-refractivity contribution < 1.29 is 22.7 Å². The highest BCUT2D eigenvalue weighted by molar-refractivity contribution is 7.92. The second kappa shape index (κ2) is 11.7. The third kappa shape index (κ3) is 7.21. The fourth-order valence-electron chi connectivity index (χ4n) is 3.47. The van der Waals surface area contributed by atoms with Gasteiger partial charge in [0.15, 0.2) is 0 Å². The van der Waals surface area contributed by atoms with Gasteiger partial charge in [0.05, 0.1) is 17.1 Å². The molecule has 33 heavy (non-hydrogen) atoms. The standard InChI is InChI=1S/C24H31N3O5S/c1-2-3-18-32-23(28)19-8-10-21(11-9-19)26-33(30,31)22-14-12-20(13-15-22)25-24(29)27-16-6-4-5-7-17-27/h8-15,26H,2-7,16-18H2,1H3,(H,25,29). The number of ether oxygens (including phenoxy) is 1. The van der Waals surface area contributed by atoms with E-state index in [1.807, 2.05) is 6.92 Å². The maximum atomic E-state index is 12.7. The Labute approximate surface area is 195 Å². The second-order valence-electron chi connectivity index (χ2n) is 8.03. The zero-order valence-corrected chi connectivity index (χ0v) is 19.7. The zero-order valence-electron chi connectivity index (χ0n) is 18.9. The Morgan fingerprint density at radius 1 is 0.909 bits per heavy atom. The van der Waals surface area contributed by atoms with Gasteiger partial charge in [0.1, 0.15) is 0 Å². The molecule has 9 heteroatoms. The molecule has 3 rings (SSSR count). The fraction of sp³-hybridized carbons (Fsp3) is 0.417. The van der Waals surface area contributed by atoms with Gasteiger partial charge >= 0.3 is 12.0 Å². The summed E-state index contributed by atoms with van der Waals surface area (Å²) in [6.45, 7) is 3.84. The summed E-state index contributed by atoms with van der Waals surface area (Å²) >= 11 is 0. The normalized spacial score (nSPS) is 14.3. The van der Waals surface area contributed by atoms with Crippen molar-refractivity contribution in [1.82, 2.24) is 4.90 Å². The van der Waals surface area contributed by atoms with Crippen LogP contribution in [0.1, 0.15) is 55.8 Å². The van der Waals surface area contributed by atoms with E-state index in [1.165, 1.54) is 36.4 Å². The van der Waals surface area contributed by atoms with Gasteiger partial charge in [0, 0.05) is 24.5 Å². The molecular weight excluding hydrogens is 442 g/mol. The number of esters is 1. The van der Waals surface area contributed by atoms with E-state index in [0.717, 1.165) is 51.6 Å². The molecule has 178 valence electrons. The topological polar surface area (TPSA) is 105 Å². The molecule has 0 bridgehead atoms. The molecule has 1 aliphatic heterocycles. The molecule has 2 aromatic rings. The molecule has 1 aliphatic rings. The average Bonchev–Trinajstić information content (AvgIpc) is 3.09. The minimum Gasteiger partial charge on any atom is -0.462 e. The first kappa shape index (κ1) is 24.6. The Morgan fingerprint density at radius 3 is 2.12 bits per heavy atom. The Kier molecular flexibility index (Phi) is 8.71. The van der Waals surface area contributed by atoms with Crippen molar-refractivity contribution in [2.24, 2.45) is 0 Å². The van der Waals surface area contributed by atoms with Crippen molar-refractivity contribution in [2.45, 2.75) is 50.3 Å². The van der Waals surface area contributed by atoms with Crippen LogP contribution in [0, 0.1) is 0 Å². The van der Waals surface area contributed by atoms with Gasteiger partial charge in [-0.05, 0) is 67.8 Å². The molecule has 0 unspecified atom stereocenters. The van der Waals surface area contributed by atoms with Gasteiger partial charge in [-0.15, -0.1) is 0 Å². The summed E-state index contributed by atoms with van der Waals surface area (Å²) < 4.78 is 33.1. The maximum absolute atomic E-state index is 12.7. The lowest BCUT2D eigenvalue weighted by Crippen LogP contribution is -2.35. The van der Waals surface area contributed by atoms with Crippen molar-refractivity contribution in [1.29, 1.82) is 0 Å². The number of rotatable bonds is 8. The number of anilines is 2. The first-order chi connectivity index (χ1) is 15.9. The van der Waals surface area contributed by atoms with E-state index in [0.29, 0.717) is 23.5 Å². The minimum absolute atomic E-state index is 0.0679. The van der Waals surface area contributed by atoms with Crippen LogP contribution in [0.5, 0.6) is 0 Å². The van der Waals surface area contributed by atoms with Crippen LogP contribution in [0.3, 0.4) is 0 Å². The van der Waals surface area contributed by atoms with Gasteiger partial charge in [0.25, 0.3) is 10.0 Å². The molecular formula is C24H31N3O5S. The summed E-state index contributed by atoms with van der Waals surface area (Å²) in [6.07, 6.45) is 5.99. The number of sulfonamides is 1. The van der Waals surface area contributed by atoms with Crippen LogP contribution in [0.25, 0.3) is 0 Å². The van der Waals surface area contributed by atoms with Crippen LogP contribution >= 0.6 is 0 Å². The van der Waals surface area contributed by atoms with Gasteiger partial charge in [-0.2, -0.15) is 0 Å². The summed E-state index contributed by atoms with van der Waals surface area (Å²) in [6, 6.07) is 11.9. The SMILES string of the molecule is CCCCOC(=O)c1ccc(NS(=O)(=O)c2ccc(NC(=O)N3CCCCCC3)cc2)cc1. The van der Waals surface area contributed by atoms with Gasteiger partial charge in [0.2, 0.25) is 0 Å². The van der Waals surface area contributed by atoms with Gasteiger partial charge in [-0.25, -0.2) is 18.0 Å². The largest absolute Gasteiger partial charge is 0.462 e. The number of hydrogen-bond acceptors (Lipinski definition) is 5. The molecule has 1 fully saturated rings. The Hall–Kier alpha value is -3.07. The van der Waals surface area contributed by atoms with E-state index in [-0.39, 0.29) is 10.9 Å². The number of carbonyl (C=O) groups is 2. The molecule has 8 nitrogen and oxygen atoms in total. The third-order valence-corrected chi connectivity index (χ3v) is 6.81. The number of carbonyl (C=O) groups excluding carboxylic acids is 2. The highest BCUT2D eigenvalue weighted by atomic mass is 32.2. The Morgan fingerprint density at radius 2 is 1.52 bits per heavy atom. The van der Waals surface area contributed by atoms with Gasteiger partial charge in [-0.3, -0.25) is 4.72 Å². The smallest absolute Gasteiger partial charge is 0.338 e. The lowest BCUT2D eigenvalue weighted by atomic mass is 10.2. The summed E-state index contributed by atoms with van der Waals surface area (Å²) in [5.74, 6) is -0.435. The third-order valence-electron chi connectivity index (χ3n) is 5.41. The Balaban J connectivity index is 1.58. The van der Waals surface area contributed by atoms with Crippen LogP contribution < -0.4 is 10.0 Å². The number of likely N-dealkylation sites (tertiary alicyclic amines) is 1. The number of unbranched alkanes of at least 4 members (excludes halogenated alkanes) is 1. The number of nitrogens with one attached hydrogen (secondary N) is 2.